The van der Waals surface area contributed by atoms with E-state index in [4.69, 9.17) is 0 Å². The number of aromatic nitrogens is 5. The minimum absolute atomic E-state index is 0. The van der Waals surface area contributed by atoms with Crippen molar-refractivity contribution >= 4 is 28.3 Å². The first-order chi connectivity index (χ1) is 8.74. The number of benzene rings is 1. The Balaban J connectivity index is 0.000001000. The number of para-hydroxylation sites is 1. The Labute approximate surface area is 131 Å². The zero-order chi connectivity index (χ0) is 12.5. The summed E-state index contributed by atoms with van der Waals surface area (Å²) in [6.07, 6.45) is 1.68. The van der Waals surface area contributed by atoms with Crippen LogP contribution in [0.4, 0.5) is 0 Å². The van der Waals surface area contributed by atoms with Crippen LogP contribution in [-0.4, -0.2) is 20.1 Å². The van der Waals surface area contributed by atoms with E-state index in [2.05, 4.69) is 15.3 Å². The molecule has 3 N–H and O–H groups in total. The van der Waals surface area contributed by atoms with Crippen LogP contribution in [0.15, 0.2) is 36.7 Å². The predicted octanol–water partition coefficient (Wildman–Crippen LogP) is 2.36. The number of halogens is 1. The minimum atomic E-state index is 0. The molecule has 6 nitrogen and oxygen atoms in total. The third-order valence-electron chi connectivity index (χ3n) is 2.66. The summed E-state index contributed by atoms with van der Waals surface area (Å²) in [7, 11) is 0. The number of tetrazole rings is 1. The molecular weight excluding hydrogens is 340 g/mol. The summed E-state index contributed by atoms with van der Waals surface area (Å²) in [5.41, 5.74) is 2.01. The van der Waals surface area contributed by atoms with Crippen molar-refractivity contribution in [1.82, 2.24) is 26.2 Å². The molecule has 20 heavy (non-hydrogen) atoms. The first-order valence-electron chi connectivity index (χ1n) is 5.58. The SMILES string of the molecule is Br.Cc1nc(-n2nc[n+](-c3ccccc3)n2)sc1C.N. The molecule has 3 aromatic rings. The van der Waals surface area contributed by atoms with Gasteiger partial charge in [0.1, 0.15) is 5.69 Å². The lowest BCUT2D eigenvalue weighted by Gasteiger charge is -1.90. The van der Waals surface area contributed by atoms with Crippen LogP contribution in [0.5, 0.6) is 0 Å². The van der Waals surface area contributed by atoms with Crippen molar-refractivity contribution in [2.24, 2.45) is 0 Å². The van der Waals surface area contributed by atoms with Crippen LogP contribution in [0, 0.1) is 13.8 Å². The summed E-state index contributed by atoms with van der Waals surface area (Å²) in [5.74, 6) is 0. The zero-order valence-electron chi connectivity index (χ0n) is 11.2. The third kappa shape index (κ3) is 3.09. The second-order valence-electron chi connectivity index (χ2n) is 3.93. The zero-order valence-corrected chi connectivity index (χ0v) is 13.8. The highest BCUT2D eigenvalue weighted by Gasteiger charge is 2.16. The molecular formula is C12H16BrN6S+. The Morgan fingerprint density at radius 2 is 1.85 bits per heavy atom. The van der Waals surface area contributed by atoms with Gasteiger partial charge in [-0.2, -0.15) is 0 Å². The molecule has 8 heteroatoms. The molecule has 106 valence electrons. The van der Waals surface area contributed by atoms with Gasteiger partial charge in [0.2, 0.25) is 0 Å². The molecule has 0 aliphatic carbocycles. The van der Waals surface area contributed by atoms with Gasteiger partial charge in [0.25, 0.3) is 6.33 Å². The molecule has 2 heterocycles. The van der Waals surface area contributed by atoms with Crippen molar-refractivity contribution < 1.29 is 4.68 Å². The lowest BCUT2D eigenvalue weighted by Crippen LogP contribution is -2.32. The molecule has 2 aromatic heterocycles. The van der Waals surface area contributed by atoms with E-state index >= 15 is 0 Å². The fourth-order valence-electron chi connectivity index (χ4n) is 1.56. The summed E-state index contributed by atoms with van der Waals surface area (Å²) in [4.78, 5) is 7.17. The Morgan fingerprint density at radius 3 is 2.45 bits per heavy atom. The van der Waals surface area contributed by atoms with Crippen LogP contribution in [-0.2, 0) is 0 Å². The van der Waals surface area contributed by atoms with E-state index in [1.165, 1.54) is 4.88 Å². The fraction of sp³-hybridized carbons (Fsp3) is 0.167. The second kappa shape index (κ2) is 6.69. The smallest absolute Gasteiger partial charge is 0.313 e. The average Bonchev–Trinajstić information content (AvgIpc) is 2.99. The van der Waals surface area contributed by atoms with Crippen molar-refractivity contribution in [2.75, 3.05) is 0 Å². The van der Waals surface area contributed by atoms with Gasteiger partial charge in [-0.3, -0.25) is 0 Å². The van der Waals surface area contributed by atoms with Gasteiger partial charge < -0.3 is 6.15 Å². The number of aryl methyl sites for hydroxylation is 2. The maximum absolute atomic E-state index is 4.43. The number of hydrogen-bond donors (Lipinski definition) is 1. The Kier molecular flexibility index (Phi) is 5.49. The van der Waals surface area contributed by atoms with Gasteiger partial charge >= 0.3 is 5.13 Å². The second-order valence-corrected chi connectivity index (χ2v) is 5.11. The van der Waals surface area contributed by atoms with Crippen LogP contribution >= 0.6 is 28.3 Å². The molecule has 0 saturated heterocycles. The molecule has 0 aliphatic rings. The van der Waals surface area contributed by atoms with Crippen LogP contribution in [0.3, 0.4) is 0 Å². The van der Waals surface area contributed by atoms with Gasteiger partial charge in [-0.1, -0.05) is 29.5 Å². The van der Waals surface area contributed by atoms with Gasteiger partial charge in [-0.25, -0.2) is 4.98 Å². The molecule has 0 unspecified atom stereocenters. The lowest BCUT2D eigenvalue weighted by molar-refractivity contribution is -0.661. The van der Waals surface area contributed by atoms with E-state index in [1.807, 2.05) is 44.2 Å². The molecule has 0 radical (unpaired) electrons. The topological polar surface area (TPSA) is 82.5 Å². The number of rotatable bonds is 2. The summed E-state index contributed by atoms with van der Waals surface area (Å²) < 4.78 is 1.73. The van der Waals surface area contributed by atoms with E-state index in [1.54, 1.807) is 27.1 Å². The molecule has 0 aliphatic heterocycles. The summed E-state index contributed by atoms with van der Waals surface area (Å²) in [5, 5.41) is 9.40. The van der Waals surface area contributed by atoms with E-state index in [9.17, 15) is 0 Å². The van der Waals surface area contributed by atoms with Crippen LogP contribution in [0.25, 0.3) is 10.8 Å². The molecule has 0 fully saturated rings. The number of nitrogens with zero attached hydrogens (tertiary/aromatic N) is 5. The van der Waals surface area contributed by atoms with Gasteiger partial charge in [0.05, 0.1) is 16.0 Å². The molecule has 0 saturated carbocycles. The predicted molar refractivity (Wildman–Crippen MR) is 83.4 cm³/mol. The van der Waals surface area contributed by atoms with E-state index < -0.39 is 0 Å². The maximum atomic E-state index is 4.43. The molecule has 0 spiro atoms. The number of hydrogen-bond acceptors (Lipinski definition) is 5. The fourth-order valence-corrected chi connectivity index (χ4v) is 2.38. The first kappa shape index (κ1) is 16.4. The maximum Gasteiger partial charge on any atom is 0.313 e. The highest BCUT2D eigenvalue weighted by molar-refractivity contribution is 8.93. The van der Waals surface area contributed by atoms with E-state index in [0.29, 0.717) is 0 Å². The van der Waals surface area contributed by atoms with Crippen molar-refractivity contribution in [3.8, 4) is 10.8 Å². The van der Waals surface area contributed by atoms with Crippen molar-refractivity contribution in [3.05, 3.63) is 47.2 Å². The normalized spacial score (nSPS) is 9.70. The van der Waals surface area contributed by atoms with Crippen molar-refractivity contribution in [3.63, 3.8) is 0 Å². The standard InChI is InChI=1S/C12H12N5S.BrH.H3N/c1-9-10(2)18-12(14-9)17-13-8-16(15-17)11-6-4-3-5-7-11;;/h3-8H,1-2H3;1H;1H3/q+1;;. The highest BCUT2D eigenvalue weighted by atomic mass is 79.9. The molecule has 0 amide bonds. The monoisotopic (exact) mass is 355 g/mol. The van der Waals surface area contributed by atoms with Crippen LogP contribution in [0.1, 0.15) is 10.6 Å². The van der Waals surface area contributed by atoms with Gasteiger partial charge in [0.15, 0.2) is 0 Å². The Hall–Kier alpha value is -1.64. The largest absolute Gasteiger partial charge is 0.344 e. The first-order valence-corrected chi connectivity index (χ1v) is 6.40. The van der Waals surface area contributed by atoms with Crippen molar-refractivity contribution in [1.29, 1.82) is 0 Å². The highest BCUT2D eigenvalue weighted by Crippen LogP contribution is 2.18. The van der Waals surface area contributed by atoms with E-state index in [-0.39, 0.29) is 23.1 Å². The lowest BCUT2D eigenvalue weighted by atomic mass is 10.3. The molecule has 0 atom stereocenters. The third-order valence-corrected chi connectivity index (χ3v) is 3.70. The summed E-state index contributed by atoms with van der Waals surface area (Å²) in [6.45, 7) is 4.04. The molecule has 3 rings (SSSR count). The minimum Gasteiger partial charge on any atom is -0.344 e. The molecule has 0 bridgehead atoms. The Bertz CT molecular complexity index is 659. The van der Waals surface area contributed by atoms with Gasteiger partial charge in [0, 0.05) is 9.67 Å². The van der Waals surface area contributed by atoms with Crippen molar-refractivity contribution in [2.45, 2.75) is 13.8 Å². The summed E-state index contributed by atoms with van der Waals surface area (Å²) >= 11 is 1.59. The van der Waals surface area contributed by atoms with Crippen LogP contribution < -0.4 is 10.8 Å². The number of thiazole rings is 1. The van der Waals surface area contributed by atoms with Gasteiger partial charge in [-0.05, 0) is 26.0 Å². The summed E-state index contributed by atoms with van der Waals surface area (Å²) in [6, 6.07) is 9.88. The molecule has 1 aromatic carbocycles. The van der Waals surface area contributed by atoms with E-state index in [0.717, 1.165) is 16.5 Å². The average molecular weight is 356 g/mol. The van der Waals surface area contributed by atoms with Crippen LogP contribution in [0.2, 0.25) is 0 Å². The quantitative estimate of drug-likeness (QED) is 0.715. The Morgan fingerprint density at radius 1 is 1.15 bits per heavy atom. The van der Waals surface area contributed by atoms with Gasteiger partial charge in [-0.15, -0.1) is 21.7 Å².